The van der Waals surface area contributed by atoms with Crippen LogP contribution in [-0.4, -0.2) is 5.91 Å². The summed E-state index contributed by atoms with van der Waals surface area (Å²) in [6.07, 6.45) is 4.09. The van der Waals surface area contributed by atoms with E-state index < -0.39 is 11.5 Å². The first-order valence-electron chi connectivity index (χ1n) is 8.14. The van der Waals surface area contributed by atoms with Crippen LogP contribution in [0.2, 0.25) is 0 Å². The van der Waals surface area contributed by atoms with Crippen LogP contribution in [0.1, 0.15) is 59.3 Å². The van der Waals surface area contributed by atoms with Crippen molar-refractivity contribution in [2.24, 2.45) is 0 Å². The van der Waals surface area contributed by atoms with E-state index in [-0.39, 0.29) is 5.56 Å². The molecule has 1 amide bonds. The lowest BCUT2D eigenvalue weighted by Gasteiger charge is -2.24. The number of benzene rings is 1. The second-order valence-corrected chi connectivity index (χ2v) is 6.09. The van der Waals surface area contributed by atoms with E-state index in [1.165, 1.54) is 6.42 Å². The Balaban J connectivity index is 1.89. The zero-order chi connectivity index (χ0) is 16.4. The van der Waals surface area contributed by atoms with E-state index in [2.05, 4.69) is 5.32 Å². The Bertz CT molecular complexity index is 787. The highest BCUT2D eigenvalue weighted by atomic mass is 16.4. The molecule has 2 aromatic rings. The molecule has 1 aromatic carbocycles. The lowest BCUT2D eigenvalue weighted by Crippen LogP contribution is -2.24. The number of hydrogen-bond donors (Lipinski definition) is 1. The van der Waals surface area contributed by atoms with Crippen molar-refractivity contribution in [3.05, 3.63) is 63.2 Å². The summed E-state index contributed by atoms with van der Waals surface area (Å²) in [6, 6.07) is 9.44. The molecule has 0 unspecified atom stereocenters. The third-order valence-corrected chi connectivity index (χ3v) is 4.55. The lowest BCUT2D eigenvalue weighted by atomic mass is 9.83. The third-order valence-electron chi connectivity index (χ3n) is 4.55. The van der Waals surface area contributed by atoms with Crippen molar-refractivity contribution in [2.75, 3.05) is 5.32 Å². The molecular weight excluding hydrogens is 290 g/mol. The molecule has 1 N–H and O–H groups in total. The lowest BCUT2D eigenvalue weighted by molar-refractivity contribution is 0.102. The molecular formula is C19H21NO3. The Labute approximate surface area is 135 Å². The van der Waals surface area contributed by atoms with Crippen molar-refractivity contribution in [3.8, 4) is 0 Å². The maximum atomic E-state index is 12.5. The van der Waals surface area contributed by atoms with Crippen LogP contribution in [0.15, 0.2) is 39.5 Å². The number of para-hydroxylation sites is 1. The van der Waals surface area contributed by atoms with Gasteiger partial charge in [-0.2, -0.15) is 0 Å². The van der Waals surface area contributed by atoms with Gasteiger partial charge in [0.05, 0.1) is 0 Å². The Morgan fingerprint density at radius 2 is 2.04 bits per heavy atom. The fraction of sp³-hybridized carbons (Fsp3) is 0.368. The van der Waals surface area contributed by atoms with Crippen molar-refractivity contribution in [1.29, 1.82) is 0 Å². The number of aryl methyl sites for hydroxylation is 2. The van der Waals surface area contributed by atoms with Gasteiger partial charge >= 0.3 is 5.63 Å². The molecule has 0 radical (unpaired) electrons. The van der Waals surface area contributed by atoms with Gasteiger partial charge in [-0.25, -0.2) is 4.79 Å². The minimum atomic E-state index is -0.543. The van der Waals surface area contributed by atoms with E-state index in [9.17, 15) is 9.59 Å². The summed E-state index contributed by atoms with van der Waals surface area (Å²) < 4.78 is 5.39. The van der Waals surface area contributed by atoms with Crippen molar-refractivity contribution in [3.63, 3.8) is 0 Å². The van der Waals surface area contributed by atoms with Gasteiger partial charge in [-0.05, 0) is 49.4 Å². The minimum Gasteiger partial charge on any atom is -0.427 e. The first-order valence-corrected chi connectivity index (χ1v) is 8.14. The summed E-state index contributed by atoms with van der Waals surface area (Å²) >= 11 is 0. The van der Waals surface area contributed by atoms with E-state index in [4.69, 9.17) is 4.42 Å². The van der Waals surface area contributed by atoms with Gasteiger partial charge in [0.25, 0.3) is 5.91 Å². The second-order valence-electron chi connectivity index (χ2n) is 6.09. The summed E-state index contributed by atoms with van der Waals surface area (Å²) in [5, 5.41) is 2.84. The Morgan fingerprint density at radius 3 is 2.65 bits per heavy atom. The molecule has 1 saturated carbocycles. The van der Waals surface area contributed by atoms with Crippen molar-refractivity contribution in [2.45, 2.75) is 45.4 Å². The molecule has 4 nitrogen and oxygen atoms in total. The van der Waals surface area contributed by atoms with Crippen LogP contribution in [-0.2, 0) is 6.42 Å². The first-order chi connectivity index (χ1) is 11.1. The first kappa shape index (κ1) is 15.5. The number of anilines is 1. The summed E-state index contributed by atoms with van der Waals surface area (Å²) in [6.45, 7) is 3.82. The molecule has 0 aliphatic heterocycles. The van der Waals surface area contributed by atoms with Crippen LogP contribution >= 0.6 is 0 Å². The SMILES string of the molecule is CCc1ccccc1NC(=O)c1c(C)cc(C2CCC2)oc1=O. The predicted molar refractivity (Wildman–Crippen MR) is 90.1 cm³/mol. The van der Waals surface area contributed by atoms with Crippen LogP contribution in [0.4, 0.5) is 5.69 Å². The van der Waals surface area contributed by atoms with Gasteiger partial charge < -0.3 is 9.73 Å². The molecule has 1 aliphatic rings. The number of carbonyl (C=O) groups excluding carboxylic acids is 1. The highest BCUT2D eigenvalue weighted by Gasteiger charge is 2.25. The van der Waals surface area contributed by atoms with Gasteiger partial charge in [-0.1, -0.05) is 31.5 Å². The fourth-order valence-electron chi connectivity index (χ4n) is 2.94. The smallest absolute Gasteiger partial charge is 0.349 e. The van der Waals surface area contributed by atoms with Crippen LogP contribution in [0, 0.1) is 6.92 Å². The van der Waals surface area contributed by atoms with Gasteiger partial charge in [-0.3, -0.25) is 4.79 Å². The molecule has 0 bridgehead atoms. The topological polar surface area (TPSA) is 59.3 Å². The van der Waals surface area contributed by atoms with Crippen molar-refractivity contribution in [1.82, 2.24) is 0 Å². The maximum Gasteiger partial charge on any atom is 0.349 e. The van der Waals surface area contributed by atoms with Crippen LogP contribution in [0.25, 0.3) is 0 Å². The maximum absolute atomic E-state index is 12.5. The molecule has 4 heteroatoms. The number of nitrogens with one attached hydrogen (secondary N) is 1. The Hall–Kier alpha value is -2.36. The van der Waals surface area contributed by atoms with Gasteiger partial charge in [0.15, 0.2) is 0 Å². The average Bonchev–Trinajstić information content (AvgIpc) is 2.45. The Morgan fingerprint density at radius 1 is 1.30 bits per heavy atom. The van der Waals surface area contributed by atoms with Gasteiger partial charge in [0.1, 0.15) is 11.3 Å². The standard InChI is InChI=1S/C19H21NO3/c1-3-13-7-4-5-10-15(13)20-18(21)17-12(2)11-16(23-19(17)22)14-8-6-9-14/h4-5,7,10-11,14H,3,6,8-9H2,1-2H3,(H,20,21). The molecule has 3 rings (SSSR count). The highest BCUT2D eigenvalue weighted by molar-refractivity contribution is 6.05. The Kier molecular flexibility index (Phi) is 4.33. The molecule has 1 fully saturated rings. The van der Waals surface area contributed by atoms with E-state index in [0.717, 1.165) is 30.5 Å². The molecule has 23 heavy (non-hydrogen) atoms. The normalized spacial score (nSPS) is 14.3. The summed E-state index contributed by atoms with van der Waals surface area (Å²) in [5.74, 6) is 0.640. The average molecular weight is 311 g/mol. The zero-order valence-corrected chi connectivity index (χ0v) is 13.5. The molecule has 0 saturated heterocycles. The molecule has 1 heterocycles. The molecule has 0 atom stereocenters. The largest absolute Gasteiger partial charge is 0.427 e. The second kappa shape index (κ2) is 6.41. The van der Waals surface area contributed by atoms with Gasteiger partial charge in [0, 0.05) is 11.6 Å². The predicted octanol–water partition coefficient (Wildman–Crippen LogP) is 4.03. The highest BCUT2D eigenvalue weighted by Crippen LogP contribution is 2.36. The van der Waals surface area contributed by atoms with E-state index in [0.29, 0.717) is 17.2 Å². The van der Waals surface area contributed by atoms with Gasteiger partial charge in [-0.15, -0.1) is 0 Å². The number of rotatable bonds is 4. The summed E-state index contributed by atoms with van der Waals surface area (Å²) in [5.41, 5.74) is 2.00. The van der Waals surface area contributed by atoms with E-state index >= 15 is 0 Å². The minimum absolute atomic E-state index is 0.0963. The summed E-state index contributed by atoms with van der Waals surface area (Å²) in [4.78, 5) is 24.8. The zero-order valence-electron chi connectivity index (χ0n) is 13.5. The van der Waals surface area contributed by atoms with E-state index in [1.54, 1.807) is 6.92 Å². The summed E-state index contributed by atoms with van der Waals surface area (Å²) in [7, 11) is 0. The number of amides is 1. The van der Waals surface area contributed by atoms with Crippen molar-refractivity contribution >= 4 is 11.6 Å². The number of carbonyl (C=O) groups is 1. The molecule has 120 valence electrons. The molecule has 1 aliphatic carbocycles. The third kappa shape index (κ3) is 3.07. The van der Waals surface area contributed by atoms with Crippen molar-refractivity contribution < 1.29 is 9.21 Å². The number of hydrogen-bond acceptors (Lipinski definition) is 3. The van der Waals surface area contributed by atoms with Crippen LogP contribution in [0.3, 0.4) is 0 Å². The van der Waals surface area contributed by atoms with Crippen LogP contribution < -0.4 is 10.9 Å². The fourth-order valence-corrected chi connectivity index (χ4v) is 2.94. The molecule has 0 spiro atoms. The van der Waals surface area contributed by atoms with Gasteiger partial charge in [0.2, 0.25) is 0 Å². The van der Waals surface area contributed by atoms with Crippen LogP contribution in [0.5, 0.6) is 0 Å². The molecule has 1 aromatic heterocycles. The van der Waals surface area contributed by atoms with E-state index in [1.807, 2.05) is 37.3 Å². The monoisotopic (exact) mass is 311 g/mol. The quantitative estimate of drug-likeness (QED) is 0.927.